The monoisotopic (exact) mass is 307 g/mol. The molecule has 1 aliphatic carbocycles. The van der Waals surface area contributed by atoms with Gasteiger partial charge in [0.25, 0.3) is 0 Å². The summed E-state index contributed by atoms with van der Waals surface area (Å²) in [5, 5.41) is 3.59. The van der Waals surface area contributed by atoms with Crippen molar-refractivity contribution in [1.82, 2.24) is 5.32 Å². The molecule has 1 N–H and O–H groups in total. The molecule has 1 saturated carbocycles. The molecule has 18 heavy (non-hydrogen) atoms. The number of hydrogen-bond donors (Lipinski definition) is 1. The van der Waals surface area contributed by atoms with E-state index < -0.39 is 0 Å². The van der Waals surface area contributed by atoms with Crippen LogP contribution in [0, 0.1) is 10.8 Å². The van der Waals surface area contributed by atoms with Crippen molar-refractivity contribution in [3.63, 3.8) is 0 Å². The topological polar surface area (TPSA) is 12.0 Å². The van der Waals surface area contributed by atoms with Gasteiger partial charge in [-0.05, 0) is 54.3 Å². The van der Waals surface area contributed by atoms with Gasteiger partial charge in [0, 0.05) is 16.9 Å². The maximum atomic E-state index is 3.59. The van der Waals surface area contributed by atoms with Crippen LogP contribution in [0.2, 0.25) is 0 Å². The molecular formula is C16H22BrN. The average molecular weight is 308 g/mol. The summed E-state index contributed by atoms with van der Waals surface area (Å²) < 4.78 is 1.18. The lowest BCUT2D eigenvalue weighted by Gasteiger charge is -2.47. The van der Waals surface area contributed by atoms with Gasteiger partial charge < -0.3 is 5.32 Å². The van der Waals surface area contributed by atoms with Crippen LogP contribution >= 0.6 is 15.9 Å². The molecule has 1 saturated heterocycles. The van der Waals surface area contributed by atoms with E-state index in [1.807, 2.05) is 0 Å². The second-order valence-corrected chi connectivity index (χ2v) is 7.45. The van der Waals surface area contributed by atoms with E-state index in [0.717, 1.165) is 6.54 Å². The molecule has 2 heteroatoms. The number of rotatable bonds is 2. The number of nitrogens with one attached hydrogen (secondary N) is 1. The molecule has 0 aromatic heterocycles. The second-order valence-electron chi connectivity index (χ2n) is 6.54. The lowest BCUT2D eigenvalue weighted by atomic mass is 9.61. The fourth-order valence-electron chi connectivity index (χ4n) is 3.66. The minimum Gasteiger partial charge on any atom is -0.316 e. The SMILES string of the molecule is CC1(C2(C)CCNCC2c2ccc(Br)cc2)CC1. The van der Waals surface area contributed by atoms with E-state index in [2.05, 4.69) is 59.4 Å². The summed E-state index contributed by atoms with van der Waals surface area (Å²) in [4.78, 5) is 0. The zero-order chi connectivity index (χ0) is 12.8. The molecule has 3 rings (SSSR count). The Morgan fingerprint density at radius 1 is 1.11 bits per heavy atom. The van der Waals surface area contributed by atoms with Gasteiger partial charge in [-0.3, -0.25) is 0 Å². The minimum atomic E-state index is 0.464. The van der Waals surface area contributed by atoms with Crippen LogP contribution in [0.15, 0.2) is 28.7 Å². The summed E-state index contributed by atoms with van der Waals surface area (Å²) in [7, 11) is 0. The number of hydrogen-bond acceptors (Lipinski definition) is 1. The largest absolute Gasteiger partial charge is 0.316 e. The lowest BCUT2D eigenvalue weighted by Crippen LogP contribution is -2.46. The van der Waals surface area contributed by atoms with Crippen LogP contribution in [0.4, 0.5) is 0 Å². The highest BCUT2D eigenvalue weighted by Gasteiger charge is 2.56. The molecule has 98 valence electrons. The van der Waals surface area contributed by atoms with Gasteiger partial charge >= 0.3 is 0 Å². The van der Waals surface area contributed by atoms with E-state index >= 15 is 0 Å². The minimum absolute atomic E-state index is 0.464. The molecule has 0 amide bonds. The van der Waals surface area contributed by atoms with Gasteiger partial charge in [-0.2, -0.15) is 0 Å². The third-order valence-corrected chi connectivity index (χ3v) is 6.12. The van der Waals surface area contributed by atoms with Crippen molar-refractivity contribution in [2.45, 2.75) is 39.0 Å². The Morgan fingerprint density at radius 3 is 2.39 bits per heavy atom. The first kappa shape index (κ1) is 12.7. The molecule has 0 spiro atoms. The van der Waals surface area contributed by atoms with Crippen LogP contribution in [-0.2, 0) is 0 Å². The van der Waals surface area contributed by atoms with Crippen LogP contribution < -0.4 is 5.32 Å². The van der Waals surface area contributed by atoms with E-state index in [4.69, 9.17) is 0 Å². The molecule has 2 aliphatic rings. The Kier molecular flexibility index (Phi) is 3.06. The summed E-state index contributed by atoms with van der Waals surface area (Å²) in [5.41, 5.74) is 2.54. The first-order chi connectivity index (χ1) is 8.55. The molecule has 1 aliphatic heterocycles. The molecule has 1 nitrogen and oxygen atoms in total. The Hall–Kier alpha value is -0.340. The molecule has 0 bridgehead atoms. The summed E-state index contributed by atoms with van der Waals surface area (Å²) in [6, 6.07) is 8.96. The highest BCUT2D eigenvalue weighted by molar-refractivity contribution is 9.10. The molecule has 1 aromatic carbocycles. The van der Waals surface area contributed by atoms with Gasteiger partial charge in [0.1, 0.15) is 0 Å². The average Bonchev–Trinajstić information content (AvgIpc) is 3.11. The van der Waals surface area contributed by atoms with E-state index in [9.17, 15) is 0 Å². The Morgan fingerprint density at radius 2 is 1.78 bits per heavy atom. The second kappa shape index (κ2) is 4.35. The third-order valence-electron chi connectivity index (χ3n) is 5.59. The fraction of sp³-hybridized carbons (Fsp3) is 0.625. The number of benzene rings is 1. The van der Waals surface area contributed by atoms with Crippen molar-refractivity contribution < 1.29 is 0 Å². The van der Waals surface area contributed by atoms with Crippen LogP contribution in [-0.4, -0.2) is 13.1 Å². The highest BCUT2D eigenvalue weighted by Crippen LogP contribution is 2.65. The molecular weight excluding hydrogens is 286 g/mol. The Bertz CT molecular complexity index is 435. The van der Waals surface area contributed by atoms with Gasteiger partial charge in [-0.25, -0.2) is 0 Å². The van der Waals surface area contributed by atoms with Gasteiger partial charge in [-0.15, -0.1) is 0 Å². The molecule has 1 heterocycles. The van der Waals surface area contributed by atoms with Crippen molar-refractivity contribution in [1.29, 1.82) is 0 Å². The molecule has 0 radical (unpaired) electrons. The summed E-state index contributed by atoms with van der Waals surface area (Å²) in [6.45, 7) is 7.32. The van der Waals surface area contributed by atoms with E-state index in [0.29, 0.717) is 16.7 Å². The van der Waals surface area contributed by atoms with Gasteiger partial charge in [-0.1, -0.05) is 41.9 Å². The predicted molar refractivity (Wildman–Crippen MR) is 79.8 cm³/mol. The molecule has 2 fully saturated rings. The van der Waals surface area contributed by atoms with Crippen molar-refractivity contribution in [3.05, 3.63) is 34.3 Å². The van der Waals surface area contributed by atoms with Crippen LogP contribution in [0.25, 0.3) is 0 Å². The molecule has 2 atom stereocenters. The van der Waals surface area contributed by atoms with Crippen molar-refractivity contribution >= 4 is 15.9 Å². The molecule has 1 aromatic rings. The first-order valence-corrected chi connectivity index (χ1v) is 7.81. The van der Waals surface area contributed by atoms with E-state index in [1.54, 1.807) is 0 Å². The van der Waals surface area contributed by atoms with E-state index in [1.165, 1.54) is 35.8 Å². The summed E-state index contributed by atoms with van der Waals surface area (Å²) >= 11 is 3.53. The zero-order valence-electron chi connectivity index (χ0n) is 11.3. The fourth-order valence-corrected chi connectivity index (χ4v) is 3.92. The summed E-state index contributed by atoms with van der Waals surface area (Å²) in [6.07, 6.45) is 4.14. The molecule has 2 unspecified atom stereocenters. The quantitative estimate of drug-likeness (QED) is 0.857. The first-order valence-electron chi connectivity index (χ1n) is 7.01. The van der Waals surface area contributed by atoms with E-state index in [-0.39, 0.29) is 0 Å². The van der Waals surface area contributed by atoms with Crippen molar-refractivity contribution in [2.75, 3.05) is 13.1 Å². The highest BCUT2D eigenvalue weighted by atomic mass is 79.9. The van der Waals surface area contributed by atoms with Crippen LogP contribution in [0.5, 0.6) is 0 Å². The van der Waals surface area contributed by atoms with Gasteiger partial charge in [0.15, 0.2) is 0 Å². The summed E-state index contributed by atoms with van der Waals surface area (Å²) in [5.74, 6) is 0.659. The van der Waals surface area contributed by atoms with Crippen LogP contribution in [0.3, 0.4) is 0 Å². The number of halogens is 1. The lowest BCUT2D eigenvalue weighted by molar-refractivity contribution is 0.0912. The third kappa shape index (κ3) is 1.94. The smallest absolute Gasteiger partial charge is 0.0175 e. The van der Waals surface area contributed by atoms with Gasteiger partial charge in [0.05, 0.1) is 0 Å². The standard InChI is InChI=1S/C16H22BrN/c1-15(7-8-15)16(2)9-10-18-11-14(16)12-3-5-13(17)6-4-12/h3-6,14,18H,7-11H2,1-2H3. The van der Waals surface area contributed by atoms with Gasteiger partial charge in [0.2, 0.25) is 0 Å². The Balaban J connectivity index is 1.95. The van der Waals surface area contributed by atoms with Crippen LogP contribution in [0.1, 0.15) is 44.6 Å². The number of piperidine rings is 1. The Labute approximate surface area is 118 Å². The normalized spacial score (nSPS) is 34.3. The maximum absolute atomic E-state index is 3.59. The zero-order valence-corrected chi connectivity index (χ0v) is 12.9. The predicted octanol–water partition coefficient (Wildman–Crippen LogP) is 4.33. The van der Waals surface area contributed by atoms with Crippen molar-refractivity contribution in [2.24, 2.45) is 10.8 Å². The maximum Gasteiger partial charge on any atom is 0.0175 e. The van der Waals surface area contributed by atoms with Crippen molar-refractivity contribution in [3.8, 4) is 0 Å².